The molecule has 1 aliphatic rings. The Morgan fingerprint density at radius 2 is 1.89 bits per heavy atom. The average Bonchev–Trinajstić information content (AvgIpc) is 2.94. The fourth-order valence-electron chi connectivity index (χ4n) is 1.63. The zero-order chi connectivity index (χ0) is 13.4. The Morgan fingerprint density at radius 1 is 1.33 bits per heavy atom. The lowest BCUT2D eigenvalue weighted by Gasteiger charge is -2.12. The molecule has 1 saturated carbocycles. The van der Waals surface area contributed by atoms with E-state index in [1.165, 1.54) is 24.3 Å². The molecule has 0 atom stereocenters. The van der Waals surface area contributed by atoms with Crippen molar-refractivity contribution < 1.29 is 18.3 Å². The van der Waals surface area contributed by atoms with Crippen molar-refractivity contribution in [3.63, 3.8) is 0 Å². The third kappa shape index (κ3) is 3.08. The van der Waals surface area contributed by atoms with Crippen LogP contribution >= 0.6 is 0 Å². The van der Waals surface area contributed by atoms with Gasteiger partial charge in [0.05, 0.1) is 11.3 Å². The van der Waals surface area contributed by atoms with Gasteiger partial charge in [-0.15, -0.1) is 0 Å². The Morgan fingerprint density at radius 3 is 2.33 bits per heavy atom. The lowest BCUT2D eigenvalue weighted by Crippen LogP contribution is -2.34. The van der Waals surface area contributed by atoms with Crippen molar-refractivity contribution in [1.29, 1.82) is 0 Å². The average molecular weight is 269 g/mol. The maximum Gasteiger partial charge on any atom is 0.307 e. The first-order chi connectivity index (χ1) is 8.31. The van der Waals surface area contributed by atoms with E-state index in [-0.39, 0.29) is 16.9 Å². The number of nitrogens with one attached hydrogen (secondary N) is 1. The highest BCUT2D eigenvalue weighted by atomic mass is 32.2. The van der Waals surface area contributed by atoms with Crippen molar-refractivity contribution in [2.45, 2.75) is 36.6 Å². The van der Waals surface area contributed by atoms with E-state index in [1.54, 1.807) is 0 Å². The standard InChI is InChI=1S/C12H15NO4S/c1-12(6-7-12)13-18(16,17)10-4-2-9(3-5-10)8-11(14)15/h2-5,13H,6-8H2,1H3,(H,14,15). The zero-order valence-corrected chi connectivity index (χ0v) is 10.8. The minimum Gasteiger partial charge on any atom is -0.481 e. The molecule has 2 N–H and O–H groups in total. The molecule has 18 heavy (non-hydrogen) atoms. The molecule has 0 bridgehead atoms. The Balaban J connectivity index is 2.15. The highest BCUT2D eigenvalue weighted by Gasteiger charge is 2.41. The summed E-state index contributed by atoms with van der Waals surface area (Å²) in [6.07, 6.45) is 1.60. The molecular formula is C12H15NO4S. The zero-order valence-electron chi connectivity index (χ0n) is 10.0. The van der Waals surface area contributed by atoms with E-state index in [0.717, 1.165) is 12.8 Å². The summed E-state index contributed by atoms with van der Waals surface area (Å²) >= 11 is 0. The number of aliphatic carboxylic acids is 1. The molecule has 1 aromatic rings. The van der Waals surface area contributed by atoms with Crippen LogP contribution in [0.4, 0.5) is 0 Å². The van der Waals surface area contributed by atoms with Gasteiger partial charge >= 0.3 is 5.97 Å². The van der Waals surface area contributed by atoms with Gasteiger partial charge in [-0.3, -0.25) is 4.79 Å². The molecule has 0 aliphatic heterocycles. The van der Waals surface area contributed by atoms with Gasteiger partial charge in [0, 0.05) is 5.54 Å². The second kappa shape index (κ2) is 4.37. The first-order valence-electron chi connectivity index (χ1n) is 5.65. The second-order valence-electron chi connectivity index (χ2n) is 4.88. The van der Waals surface area contributed by atoms with Gasteiger partial charge in [0.15, 0.2) is 0 Å². The number of carboxylic acid groups (broad SMARTS) is 1. The topological polar surface area (TPSA) is 83.5 Å². The number of carboxylic acids is 1. The molecular weight excluding hydrogens is 254 g/mol. The Bertz CT molecular complexity index is 558. The predicted molar refractivity (Wildman–Crippen MR) is 65.7 cm³/mol. The van der Waals surface area contributed by atoms with Gasteiger partial charge < -0.3 is 5.11 Å². The lowest BCUT2D eigenvalue weighted by molar-refractivity contribution is -0.136. The van der Waals surface area contributed by atoms with Crippen LogP contribution < -0.4 is 4.72 Å². The molecule has 5 nitrogen and oxygen atoms in total. The third-order valence-electron chi connectivity index (χ3n) is 2.97. The van der Waals surface area contributed by atoms with Gasteiger partial charge in [-0.05, 0) is 37.5 Å². The molecule has 0 saturated heterocycles. The van der Waals surface area contributed by atoms with E-state index in [4.69, 9.17) is 5.11 Å². The highest BCUT2D eigenvalue weighted by Crippen LogP contribution is 2.35. The van der Waals surface area contributed by atoms with Gasteiger partial charge in [0.1, 0.15) is 0 Å². The van der Waals surface area contributed by atoms with Gasteiger partial charge in [0.2, 0.25) is 10.0 Å². The van der Waals surface area contributed by atoms with E-state index in [0.29, 0.717) is 5.56 Å². The van der Waals surface area contributed by atoms with Crippen molar-refractivity contribution in [2.75, 3.05) is 0 Å². The van der Waals surface area contributed by atoms with E-state index in [1.807, 2.05) is 6.92 Å². The highest BCUT2D eigenvalue weighted by molar-refractivity contribution is 7.89. The van der Waals surface area contributed by atoms with Crippen LogP contribution in [0, 0.1) is 0 Å². The molecule has 1 aromatic carbocycles. The molecule has 1 aliphatic carbocycles. The second-order valence-corrected chi connectivity index (χ2v) is 6.56. The van der Waals surface area contributed by atoms with Crippen LogP contribution in [0.1, 0.15) is 25.3 Å². The number of sulfonamides is 1. The summed E-state index contributed by atoms with van der Waals surface area (Å²) in [4.78, 5) is 10.7. The molecule has 2 rings (SSSR count). The summed E-state index contributed by atoms with van der Waals surface area (Å²) in [6, 6.07) is 5.93. The number of hydrogen-bond acceptors (Lipinski definition) is 3. The predicted octanol–water partition coefficient (Wildman–Crippen LogP) is 1.14. The summed E-state index contributed by atoms with van der Waals surface area (Å²) in [6.45, 7) is 1.86. The van der Waals surface area contributed by atoms with Crippen molar-refractivity contribution in [3.05, 3.63) is 29.8 Å². The van der Waals surface area contributed by atoms with Crippen molar-refractivity contribution in [2.24, 2.45) is 0 Å². The van der Waals surface area contributed by atoms with Gasteiger partial charge in [-0.1, -0.05) is 12.1 Å². The summed E-state index contributed by atoms with van der Waals surface area (Å²) < 4.78 is 26.6. The number of hydrogen-bond donors (Lipinski definition) is 2. The maximum atomic E-state index is 12.0. The Labute approximate surface area is 106 Å². The molecule has 0 radical (unpaired) electrons. The molecule has 98 valence electrons. The largest absolute Gasteiger partial charge is 0.481 e. The van der Waals surface area contributed by atoms with Crippen LogP contribution in [-0.4, -0.2) is 25.0 Å². The third-order valence-corrected chi connectivity index (χ3v) is 4.62. The van der Waals surface area contributed by atoms with Gasteiger partial charge in [0.25, 0.3) is 0 Å². The van der Waals surface area contributed by atoms with Crippen molar-refractivity contribution in [1.82, 2.24) is 4.72 Å². The molecule has 6 heteroatoms. The monoisotopic (exact) mass is 269 g/mol. The van der Waals surface area contributed by atoms with Crippen LogP contribution in [0.15, 0.2) is 29.2 Å². The van der Waals surface area contributed by atoms with E-state index < -0.39 is 16.0 Å². The minimum atomic E-state index is -3.50. The van der Waals surface area contributed by atoms with Crippen LogP contribution in [0.25, 0.3) is 0 Å². The summed E-state index contributed by atoms with van der Waals surface area (Å²) in [5, 5.41) is 8.63. The summed E-state index contributed by atoms with van der Waals surface area (Å²) in [5.41, 5.74) is 0.276. The van der Waals surface area contributed by atoms with E-state index >= 15 is 0 Å². The lowest BCUT2D eigenvalue weighted by atomic mass is 10.2. The first kappa shape index (κ1) is 13.0. The molecule has 0 aromatic heterocycles. The summed E-state index contributed by atoms with van der Waals surface area (Å²) in [5.74, 6) is -0.936. The van der Waals surface area contributed by atoms with Crippen LogP contribution in [0.3, 0.4) is 0 Å². The Kier molecular flexibility index (Phi) is 3.16. The van der Waals surface area contributed by atoms with E-state index in [2.05, 4.69) is 4.72 Å². The molecule has 0 amide bonds. The fourth-order valence-corrected chi connectivity index (χ4v) is 3.10. The quantitative estimate of drug-likeness (QED) is 0.839. The molecule has 0 unspecified atom stereocenters. The SMILES string of the molecule is CC1(NS(=O)(=O)c2ccc(CC(=O)O)cc2)CC1. The maximum absolute atomic E-state index is 12.0. The van der Waals surface area contributed by atoms with Crippen LogP contribution in [-0.2, 0) is 21.2 Å². The van der Waals surface area contributed by atoms with Crippen molar-refractivity contribution in [3.8, 4) is 0 Å². The van der Waals surface area contributed by atoms with Crippen LogP contribution in [0.2, 0.25) is 0 Å². The smallest absolute Gasteiger partial charge is 0.307 e. The fraction of sp³-hybridized carbons (Fsp3) is 0.417. The number of carbonyl (C=O) groups is 1. The van der Waals surface area contributed by atoms with Gasteiger partial charge in [-0.2, -0.15) is 0 Å². The Hall–Kier alpha value is -1.40. The summed E-state index contributed by atoms with van der Waals surface area (Å²) in [7, 11) is -3.50. The van der Waals surface area contributed by atoms with Crippen LogP contribution in [0.5, 0.6) is 0 Å². The van der Waals surface area contributed by atoms with Gasteiger partial charge in [-0.25, -0.2) is 13.1 Å². The minimum absolute atomic E-state index is 0.106. The molecule has 1 fully saturated rings. The molecule has 0 heterocycles. The van der Waals surface area contributed by atoms with Crippen molar-refractivity contribution >= 4 is 16.0 Å². The molecule has 0 spiro atoms. The van der Waals surface area contributed by atoms with E-state index in [9.17, 15) is 13.2 Å². The number of rotatable bonds is 5. The first-order valence-corrected chi connectivity index (χ1v) is 7.14. The normalized spacial score (nSPS) is 17.4. The number of benzene rings is 1.